The van der Waals surface area contributed by atoms with Crippen LogP contribution in [0.4, 0.5) is 11.6 Å². The van der Waals surface area contributed by atoms with E-state index in [9.17, 15) is 19.7 Å². The number of nitrogens with one attached hydrogen (secondary N) is 1. The molecule has 1 fully saturated rings. The van der Waals surface area contributed by atoms with E-state index in [1.165, 1.54) is 6.07 Å². The van der Waals surface area contributed by atoms with Crippen molar-refractivity contribution < 1.29 is 18.9 Å². The summed E-state index contributed by atoms with van der Waals surface area (Å²) in [6, 6.07) is 11.7. The highest BCUT2D eigenvalue weighted by Gasteiger charge is 2.29. The molecule has 0 radical (unpaired) electrons. The summed E-state index contributed by atoms with van der Waals surface area (Å²) in [7, 11) is 0. The van der Waals surface area contributed by atoms with Crippen LogP contribution in [0.1, 0.15) is 23.4 Å². The van der Waals surface area contributed by atoms with Gasteiger partial charge in [-0.15, -0.1) is 0 Å². The Morgan fingerprint density at radius 2 is 1.80 bits per heavy atom. The molecule has 1 aliphatic heterocycles. The summed E-state index contributed by atoms with van der Waals surface area (Å²) in [5.74, 6) is -1.14. The van der Waals surface area contributed by atoms with Crippen LogP contribution in [0.25, 0.3) is 0 Å². The number of carbonyl (C=O) groups is 2. The molecule has 3 rings (SSSR count). The molecule has 1 aromatic heterocycles. The van der Waals surface area contributed by atoms with Gasteiger partial charge in [0.2, 0.25) is 5.91 Å². The van der Waals surface area contributed by atoms with Crippen molar-refractivity contribution in [2.45, 2.75) is 12.8 Å². The highest BCUT2D eigenvalue weighted by Crippen LogP contribution is 2.23. The van der Waals surface area contributed by atoms with Gasteiger partial charge in [-0.25, -0.2) is 0 Å². The predicted octanol–water partition coefficient (Wildman–Crippen LogP) is 2.68. The van der Waals surface area contributed by atoms with Crippen LogP contribution >= 0.6 is 0 Å². The molecule has 0 atom stereocenters. The lowest BCUT2D eigenvalue weighted by Crippen LogP contribution is -2.41. The SMILES string of the molecule is O=C(Nc1ccccc1)C1CCN(C(=O)c2ccc([N+](=O)[O-])o2)CC1. The third-order valence-electron chi connectivity index (χ3n) is 4.18. The highest BCUT2D eigenvalue weighted by molar-refractivity contribution is 5.94. The number of hydrogen-bond donors (Lipinski definition) is 1. The molecule has 130 valence electrons. The Morgan fingerprint density at radius 3 is 2.40 bits per heavy atom. The molecular weight excluding hydrogens is 326 g/mol. The van der Waals surface area contributed by atoms with Crippen LogP contribution in [0.15, 0.2) is 46.9 Å². The number of nitrogens with zero attached hydrogens (tertiary/aromatic N) is 2. The average molecular weight is 343 g/mol. The van der Waals surface area contributed by atoms with Crippen LogP contribution in [-0.2, 0) is 4.79 Å². The van der Waals surface area contributed by atoms with Gasteiger partial charge in [-0.3, -0.25) is 19.7 Å². The fraction of sp³-hybridized carbons (Fsp3) is 0.294. The second-order valence-corrected chi connectivity index (χ2v) is 5.82. The molecule has 25 heavy (non-hydrogen) atoms. The van der Waals surface area contributed by atoms with Crippen LogP contribution < -0.4 is 5.32 Å². The minimum absolute atomic E-state index is 0.0566. The van der Waals surface area contributed by atoms with Gasteiger partial charge in [-0.05, 0) is 31.0 Å². The number of piperidine rings is 1. The number of benzene rings is 1. The second-order valence-electron chi connectivity index (χ2n) is 5.82. The zero-order valence-corrected chi connectivity index (χ0v) is 13.4. The Hall–Kier alpha value is -3.16. The third kappa shape index (κ3) is 3.85. The molecule has 2 amide bonds. The van der Waals surface area contributed by atoms with Gasteiger partial charge in [0.25, 0.3) is 5.91 Å². The number of amides is 2. The molecule has 0 bridgehead atoms. The summed E-state index contributed by atoms with van der Waals surface area (Å²) in [6.45, 7) is 0.806. The fourth-order valence-electron chi connectivity index (χ4n) is 2.81. The lowest BCUT2D eigenvalue weighted by Gasteiger charge is -2.30. The zero-order chi connectivity index (χ0) is 17.8. The van der Waals surface area contributed by atoms with Gasteiger partial charge < -0.3 is 14.6 Å². The Kier molecular flexibility index (Phi) is 4.78. The average Bonchev–Trinajstić information content (AvgIpc) is 3.12. The number of anilines is 1. The molecule has 0 saturated carbocycles. The van der Waals surface area contributed by atoms with Crippen LogP contribution in [0.3, 0.4) is 0 Å². The summed E-state index contributed by atoms with van der Waals surface area (Å²) < 4.78 is 4.94. The van der Waals surface area contributed by atoms with Crippen LogP contribution in [0.5, 0.6) is 0 Å². The topological polar surface area (TPSA) is 106 Å². The Bertz CT molecular complexity index is 779. The molecule has 1 N–H and O–H groups in total. The second kappa shape index (κ2) is 7.16. The number of furan rings is 1. The summed E-state index contributed by atoms with van der Waals surface area (Å²) in [5, 5.41) is 13.5. The third-order valence-corrected chi connectivity index (χ3v) is 4.18. The van der Waals surface area contributed by atoms with Crippen LogP contribution in [0, 0.1) is 16.0 Å². The number of carbonyl (C=O) groups excluding carboxylic acids is 2. The molecule has 1 aliphatic rings. The first kappa shape index (κ1) is 16.7. The first-order chi connectivity index (χ1) is 12.0. The van der Waals surface area contributed by atoms with Crippen molar-refractivity contribution in [3.63, 3.8) is 0 Å². The quantitative estimate of drug-likeness (QED) is 0.678. The zero-order valence-electron chi connectivity index (χ0n) is 13.4. The van der Waals surface area contributed by atoms with Gasteiger partial charge in [0.15, 0.2) is 5.76 Å². The van der Waals surface area contributed by atoms with Crippen molar-refractivity contribution in [1.82, 2.24) is 4.90 Å². The van der Waals surface area contributed by atoms with Crippen molar-refractivity contribution in [2.75, 3.05) is 18.4 Å². The van der Waals surface area contributed by atoms with E-state index in [-0.39, 0.29) is 17.6 Å². The van der Waals surface area contributed by atoms with Gasteiger partial charge in [-0.1, -0.05) is 18.2 Å². The number of likely N-dealkylation sites (tertiary alicyclic amines) is 1. The molecule has 2 aromatic rings. The van der Waals surface area contributed by atoms with Crippen molar-refractivity contribution in [2.24, 2.45) is 5.92 Å². The lowest BCUT2D eigenvalue weighted by atomic mass is 9.95. The Labute approximate surface area is 143 Å². The standard InChI is InChI=1S/C17H17N3O5/c21-16(18-13-4-2-1-3-5-13)12-8-10-19(11-9-12)17(22)14-6-7-15(25-14)20(23)24/h1-7,12H,8-11H2,(H,18,21). The van der Waals surface area contributed by atoms with Gasteiger partial charge >= 0.3 is 5.88 Å². The first-order valence-corrected chi connectivity index (χ1v) is 7.94. The number of para-hydroxylation sites is 1. The Morgan fingerprint density at radius 1 is 1.12 bits per heavy atom. The normalized spacial score (nSPS) is 15.0. The summed E-state index contributed by atoms with van der Waals surface area (Å²) in [6.07, 6.45) is 1.07. The molecule has 8 heteroatoms. The van der Waals surface area contributed by atoms with E-state index in [1.807, 2.05) is 30.3 Å². The Balaban J connectivity index is 1.55. The minimum atomic E-state index is -0.684. The van der Waals surface area contributed by atoms with Gasteiger partial charge in [0, 0.05) is 24.7 Å². The lowest BCUT2D eigenvalue weighted by molar-refractivity contribution is -0.402. The maximum absolute atomic E-state index is 12.3. The summed E-state index contributed by atoms with van der Waals surface area (Å²) in [5.41, 5.74) is 0.744. The van der Waals surface area contributed by atoms with Gasteiger partial charge in [0.05, 0.1) is 6.07 Å². The molecule has 8 nitrogen and oxygen atoms in total. The first-order valence-electron chi connectivity index (χ1n) is 7.94. The maximum Gasteiger partial charge on any atom is 0.433 e. The maximum atomic E-state index is 12.3. The molecule has 1 aromatic carbocycles. The predicted molar refractivity (Wildman–Crippen MR) is 89.1 cm³/mol. The molecule has 0 unspecified atom stereocenters. The minimum Gasteiger partial charge on any atom is -0.395 e. The monoisotopic (exact) mass is 343 g/mol. The number of rotatable bonds is 4. The van der Waals surface area contributed by atoms with Crippen molar-refractivity contribution in [1.29, 1.82) is 0 Å². The largest absolute Gasteiger partial charge is 0.433 e. The van der Waals surface area contributed by atoms with E-state index in [2.05, 4.69) is 5.32 Å². The summed E-state index contributed by atoms with van der Waals surface area (Å²) in [4.78, 5) is 36.1. The van der Waals surface area contributed by atoms with E-state index in [4.69, 9.17) is 4.42 Å². The number of hydrogen-bond acceptors (Lipinski definition) is 5. The van der Waals surface area contributed by atoms with Crippen molar-refractivity contribution >= 4 is 23.4 Å². The van der Waals surface area contributed by atoms with E-state index in [0.29, 0.717) is 25.9 Å². The number of nitro groups is 1. The van der Waals surface area contributed by atoms with E-state index in [1.54, 1.807) is 4.90 Å². The summed E-state index contributed by atoms with van der Waals surface area (Å²) >= 11 is 0. The van der Waals surface area contributed by atoms with E-state index >= 15 is 0 Å². The molecule has 0 aliphatic carbocycles. The van der Waals surface area contributed by atoms with E-state index < -0.39 is 16.7 Å². The van der Waals surface area contributed by atoms with Gasteiger partial charge in [0.1, 0.15) is 4.92 Å². The van der Waals surface area contributed by atoms with Crippen LogP contribution in [-0.4, -0.2) is 34.7 Å². The molecule has 2 heterocycles. The smallest absolute Gasteiger partial charge is 0.395 e. The molecular formula is C17H17N3O5. The molecule has 0 spiro atoms. The molecule has 1 saturated heterocycles. The van der Waals surface area contributed by atoms with Gasteiger partial charge in [-0.2, -0.15) is 0 Å². The highest BCUT2D eigenvalue weighted by atomic mass is 16.6. The van der Waals surface area contributed by atoms with E-state index in [0.717, 1.165) is 11.8 Å². The van der Waals surface area contributed by atoms with Crippen molar-refractivity contribution in [3.05, 3.63) is 58.3 Å². The van der Waals surface area contributed by atoms with Crippen molar-refractivity contribution in [3.8, 4) is 0 Å². The van der Waals surface area contributed by atoms with Crippen LogP contribution in [0.2, 0.25) is 0 Å². The fourth-order valence-corrected chi connectivity index (χ4v) is 2.81.